The van der Waals surface area contributed by atoms with Crippen LogP contribution in [-0.4, -0.2) is 54.4 Å². The fourth-order valence-corrected chi connectivity index (χ4v) is 2.53. The zero-order chi connectivity index (χ0) is 11.8. The Balaban J connectivity index is 2.12. The molecule has 0 spiro atoms. The van der Waals surface area contributed by atoms with Gasteiger partial charge in [0.05, 0.1) is 31.3 Å². The van der Waals surface area contributed by atoms with Gasteiger partial charge in [-0.3, -0.25) is 4.79 Å². The third-order valence-electron chi connectivity index (χ3n) is 3.86. The van der Waals surface area contributed by atoms with Crippen LogP contribution in [0.4, 0.5) is 0 Å². The average molecular weight is 228 g/mol. The van der Waals surface area contributed by atoms with Crippen molar-refractivity contribution in [3.8, 4) is 0 Å². The van der Waals surface area contributed by atoms with Gasteiger partial charge in [-0.05, 0) is 19.8 Å². The standard InChI is InChI=1S/C11H20N2O3/c1-11(7-16-6-9(11)12)10(15)13-4-2-3-8(13)5-14/h8-9,14H,2-7,12H2,1H3/t8-,9?,11?/m0/s1. The van der Waals surface area contributed by atoms with Crippen molar-refractivity contribution in [1.82, 2.24) is 4.90 Å². The molecule has 2 aliphatic heterocycles. The number of aliphatic hydroxyl groups excluding tert-OH is 1. The van der Waals surface area contributed by atoms with E-state index in [0.717, 1.165) is 19.4 Å². The third kappa shape index (κ3) is 1.73. The van der Waals surface area contributed by atoms with Crippen molar-refractivity contribution in [2.75, 3.05) is 26.4 Å². The number of rotatable bonds is 2. The fraction of sp³-hybridized carbons (Fsp3) is 0.909. The molecule has 3 N–H and O–H groups in total. The Labute approximate surface area is 95.5 Å². The van der Waals surface area contributed by atoms with E-state index in [0.29, 0.717) is 13.2 Å². The van der Waals surface area contributed by atoms with E-state index in [1.165, 1.54) is 0 Å². The van der Waals surface area contributed by atoms with Gasteiger partial charge in [-0.1, -0.05) is 0 Å². The Kier molecular flexibility index (Phi) is 3.19. The second kappa shape index (κ2) is 4.31. The zero-order valence-corrected chi connectivity index (χ0v) is 9.69. The summed E-state index contributed by atoms with van der Waals surface area (Å²) in [6.45, 7) is 3.46. The minimum atomic E-state index is -0.613. The van der Waals surface area contributed by atoms with Gasteiger partial charge in [0, 0.05) is 12.6 Å². The van der Waals surface area contributed by atoms with Crippen molar-refractivity contribution in [3.63, 3.8) is 0 Å². The molecule has 0 saturated carbocycles. The van der Waals surface area contributed by atoms with Crippen LogP contribution in [0.2, 0.25) is 0 Å². The number of carbonyl (C=O) groups excluding carboxylic acids is 1. The summed E-state index contributed by atoms with van der Waals surface area (Å²) in [5, 5.41) is 9.22. The van der Waals surface area contributed by atoms with Gasteiger partial charge in [-0.2, -0.15) is 0 Å². The summed E-state index contributed by atoms with van der Waals surface area (Å²) < 4.78 is 5.29. The van der Waals surface area contributed by atoms with Crippen molar-refractivity contribution in [2.45, 2.75) is 31.8 Å². The lowest BCUT2D eigenvalue weighted by atomic mass is 9.84. The van der Waals surface area contributed by atoms with Crippen LogP contribution in [0.3, 0.4) is 0 Å². The largest absolute Gasteiger partial charge is 0.394 e. The first-order chi connectivity index (χ1) is 7.59. The molecule has 0 aromatic carbocycles. The molecule has 1 amide bonds. The smallest absolute Gasteiger partial charge is 0.232 e. The molecule has 2 aliphatic rings. The number of hydrogen-bond donors (Lipinski definition) is 2. The Hall–Kier alpha value is -0.650. The van der Waals surface area contributed by atoms with E-state index in [4.69, 9.17) is 10.5 Å². The van der Waals surface area contributed by atoms with Crippen LogP contribution in [0.25, 0.3) is 0 Å². The highest BCUT2D eigenvalue weighted by atomic mass is 16.5. The van der Waals surface area contributed by atoms with Crippen LogP contribution in [0, 0.1) is 5.41 Å². The van der Waals surface area contributed by atoms with E-state index >= 15 is 0 Å². The van der Waals surface area contributed by atoms with Gasteiger partial charge < -0.3 is 20.5 Å². The second-order valence-corrected chi connectivity index (χ2v) is 5.02. The number of likely N-dealkylation sites (tertiary alicyclic amines) is 1. The number of aliphatic hydroxyl groups is 1. The molecule has 3 atom stereocenters. The molecular weight excluding hydrogens is 208 g/mol. The highest BCUT2D eigenvalue weighted by molar-refractivity contribution is 5.84. The molecular formula is C11H20N2O3. The van der Waals surface area contributed by atoms with E-state index < -0.39 is 5.41 Å². The average Bonchev–Trinajstić information content (AvgIpc) is 2.86. The lowest BCUT2D eigenvalue weighted by Gasteiger charge is -2.33. The predicted octanol–water partition coefficient (Wildman–Crippen LogP) is -0.666. The number of hydrogen-bond acceptors (Lipinski definition) is 4. The third-order valence-corrected chi connectivity index (χ3v) is 3.86. The number of nitrogens with zero attached hydrogens (tertiary/aromatic N) is 1. The molecule has 5 heteroatoms. The highest BCUT2D eigenvalue weighted by Crippen LogP contribution is 2.32. The Morgan fingerprint density at radius 3 is 3.00 bits per heavy atom. The number of amides is 1. The van der Waals surface area contributed by atoms with Crippen molar-refractivity contribution in [2.24, 2.45) is 11.1 Å². The lowest BCUT2D eigenvalue weighted by molar-refractivity contribution is -0.143. The summed E-state index contributed by atoms with van der Waals surface area (Å²) in [4.78, 5) is 14.2. The summed E-state index contributed by atoms with van der Waals surface area (Å²) in [6, 6.07) is -0.267. The number of nitrogens with two attached hydrogens (primary N) is 1. The molecule has 2 saturated heterocycles. The van der Waals surface area contributed by atoms with Crippen molar-refractivity contribution in [3.05, 3.63) is 0 Å². The van der Waals surface area contributed by atoms with Crippen LogP contribution in [0.15, 0.2) is 0 Å². The van der Waals surface area contributed by atoms with Gasteiger partial charge in [-0.25, -0.2) is 0 Å². The summed E-state index contributed by atoms with van der Waals surface area (Å²) >= 11 is 0. The maximum Gasteiger partial charge on any atom is 0.232 e. The van der Waals surface area contributed by atoms with Gasteiger partial charge in [0.15, 0.2) is 0 Å². The van der Waals surface area contributed by atoms with Gasteiger partial charge >= 0.3 is 0 Å². The van der Waals surface area contributed by atoms with Crippen LogP contribution >= 0.6 is 0 Å². The fourth-order valence-electron chi connectivity index (χ4n) is 2.53. The molecule has 0 bridgehead atoms. The van der Waals surface area contributed by atoms with E-state index in [-0.39, 0.29) is 24.6 Å². The minimum absolute atomic E-state index is 0.0304. The topological polar surface area (TPSA) is 75.8 Å². The predicted molar refractivity (Wildman–Crippen MR) is 58.7 cm³/mol. The van der Waals surface area contributed by atoms with E-state index in [9.17, 15) is 9.90 Å². The minimum Gasteiger partial charge on any atom is -0.394 e. The zero-order valence-electron chi connectivity index (χ0n) is 9.69. The van der Waals surface area contributed by atoms with E-state index in [2.05, 4.69) is 0 Å². The quantitative estimate of drug-likeness (QED) is 0.657. The summed E-state index contributed by atoms with van der Waals surface area (Å²) in [6.07, 6.45) is 1.84. The van der Waals surface area contributed by atoms with E-state index in [1.807, 2.05) is 6.92 Å². The monoisotopic (exact) mass is 228 g/mol. The highest BCUT2D eigenvalue weighted by Gasteiger charge is 2.48. The van der Waals surface area contributed by atoms with Gasteiger partial charge in [0.25, 0.3) is 0 Å². The Morgan fingerprint density at radius 1 is 1.69 bits per heavy atom. The normalized spacial score (nSPS) is 39.3. The molecule has 16 heavy (non-hydrogen) atoms. The molecule has 5 nitrogen and oxygen atoms in total. The summed E-state index contributed by atoms with van der Waals surface area (Å²) in [7, 11) is 0. The first kappa shape index (κ1) is 11.8. The summed E-state index contributed by atoms with van der Waals surface area (Å²) in [5.74, 6) is 0.0362. The number of ether oxygens (including phenoxy) is 1. The molecule has 2 fully saturated rings. The second-order valence-electron chi connectivity index (χ2n) is 5.02. The molecule has 0 aromatic rings. The van der Waals surface area contributed by atoms with E-state index in [1.54, 1.807) is 4.90 Å². The first-order valence-corrected chi connectivity index (χ1v) is 5.85. The Bertz CT molecular complexity index is 284. The van der Waals surface area contributed by atoms with Gasteiger partial charge in [-0.15, -0.1) is 0 Å². The molecule has 2 rings (SSSR count). The van der Waals surface area contributed by atoms with Crippen molar-refractivity contribution >= 4 is 5.91 Å². The molecule has 2 unspecified atom stereocenters. The molecule has 0 aromatic heterocycles. The molecule has 92 valence electrons. The summed E-state index contributed by atoms with van der Waals surface area (Å²) in [5.41, 5.74) is 5.32. The van der Waals surface area contributed by atoms with Crippen molar-refractivity contribution < 1.29 is 14.6 Å². The first-order valence-electron chi connectivity index (χ1n) is 5.85. The van der Waals surface area contributed by atoms with Crippen LogP contribution < -0.4 is 5.73 Å². The van der Waals surface area contributed by atoms with Crippen LogP contribution in [-0.2, 0) is 9.53 Å². The van der Waals surface area contributed by atoms with Crippen LogP contribution in [0.1, 0.15) is 19.8 Å². The SMILES string of the molecule is CC1(C(=O)N2CCC[C@H]2CO)COCC1N. The Morgan fingerprint density at radius 2 is 2.44 bits per heavy atom. The maximum absolute atomic E-state index is 12.4. The molecule has 0 aliphatic carbocycles. The van der Waals surface area contributed by atoms with Crippen LogP contribution in [0.5, 0.6) is 0 Å². The van der Waals surface area contributed by atoms with Crippen molar-refractivity contribution in [1.29, 1.82) is 0 Å². The molecule has 0 radical (unpaired) electrons. The number of carbonyl (C=O) groups is 1. The molecule has 2 heterocycles. The van der Waals surface area contributed by atoms with Gasteiger partial charge in [0.1, 0.15) is 0 Å². The lowest BCUT2D eigenvalue weighted by Crippen LogP contribution is -2.53. The maximum atomic E-state index is 12.4. The van der Waals surface area contributed by atoms with Gasteiger partial charge in [0.2, 0.25) is 5.91 Å².